The molecule has 0 aromatic heterocycles. The van der Waals surface area contributed by atoms with Crippen LogP contribution in [0.2, 0.25) is 0 Å². The topological polar surface area (TPSA) is 74.3 Å². The fourth-order valence-electron chi connectivity index (χ4n) is 0.713. The van der Waals surface area contributed by atoms with Crippen LogP contribution >= 0.6 is 0 Å². The monoisotopic (exact) mass is 126 g/mol. The van der Waals surface area contributed by atoms with Gasteiger partial charge in [-0.2, -0.15) is 0 Å². The van der Waals surface area contributed by atoms with E-state index < -0.39 is 0 Å². The smallest absolute Gasteiger partial charge is 0.138 e. The lowest BCUT2D eigenvalue weighted by atomic mass is 10.3. The third kappa shape index (κ3) is 1.50. The summed E-state index contributed by atoms with van der Waals surface area (Å²) < 4.78 is 0. The molecule has 0 radical (unpaired) electrons. The molecule has 1 heterocycles. The number of amidine groups is 1. The maximum atomic E-state index is 7.00. The summed E-state index contributed by atoms with van der Waals surface area (Å²) in [7, 11) is 0. The Morgan fingerprint density at radius 1 is 1.78 bits per heavy atom. The van der Waals surface area contributed by atoms with Gasteiger partial charge in [0.15, 0.2) is 0 Å². The predicted molar refractivity (Wildman–Crippen MR) is 37.1 cm³/mol. The summed E-state index contributed by atoms with van der Waals surface area (Å²) in [5.41, 5.74) is 5.86. The van der Waals surface area contributed by atoms with Crippen molar-refractivity contribution >= 4 is 11.5 Å². The van der Waals surface area contributed by atoms with Crippen LogP contribution in [0.3, 0.4) is 0 Å². The first kappa shape index (κ1) is 6.22. The van der Waals surface area contributed by atoms with Gasteiger partial charge in [0.05, 0.1) is 12.3 Å². The zero-order chi connectivity index (χ0) is 6.69. The van der Waals surface area contributed by atoms with Crippen molar-refractivity contribution in [3.63, 3.8) is 0 Å². The fourth-order valence-corrected chi connectivity index (χ4v) is 0.713. The molecule has 0 aliphatic carbocycles. The van der Waals surface area contributed by atoms with Gasteiger partial charge in [-0.15, -0.1) is 0 Å². The minimum atomic E-state index is 0.0854. The lowest BCUT2D eigenvalue weighted by Gasteiger charge is -2.10. The zero-order valence-corrected chi connectivity index (χ0v) is 5.15. The third-order valence-corrected chi connectivity index (χ3v) is 1.19. The minimum Gasteiger partial charge on any atom is -0.383 e. The van der Waals surface area contributed by atoms with Gasteiger partial charge in [-0.3, -0.25) is 10.4 Å². The molecule has 9 heavy (non-hydrogen) atoms. The summed E-state index contributed by atoms with van der Waals surface area (Å²) in [5.74, 6) is 0.0854. The Balaban J connectivity index is 2.57. The number of nitrogens with two attached hydrogens (primary N) is 1. The number of hydrogen-bond donors (Lipinski definition) is 3. The first-order valence-electron chi connectivity index (χ1n) is 2.89. The van der Waals surface area contributed by atoms with E-state index >= 15 is 0 Å². The molecule has 0 unspecified atom stereocenters. The van der Waals surface area contributed by atoms with Gasteiger partial charge in [0.1, 0.15) is 5.84 Å². The summed E-state index contributed by atoms with van der Waals surface area (Å²) in [6.07, 6.45) is 0. The average Bonchev–Trinajstić information content (AvgIpc) is 1.90. The molecule has 0 saturated carbocycles. The maximum absolute atomic E-state index is 7.00. The Labute approximate surface area is 53.7 Å². The van der Waals surface area contributed by atoms with E-state index in [0.29, 0.717) is 12.3 Å². The number of hydrogen-bond acceptors (Lipinski definition) is 3. The van der Waals surface area contributed by atoms with E-state index in [4.69, 9.17) is 11.1 Å². The molecule has 0 aromatic rings. The first-order chi connectivity index (χ1) is 4.30. The fraction of sp³-hybridized carbons (Fsp3) is 0.600. The molecule has 0 bridgehead atoms. The SMILES string of the molecule is N=C(N)C1=NCCNC1. The molecule has 0 saturated heterocycles. The van der Waals surface area contributed by atoms with E-state index in [1.54, 1.807) is 0 Å². The molecule has 4 heteroatoms. The molecular weight excluding hydrogens is 116 g/mol. The van der Waals surface area contributed by atoms with Gasteiger partial charge in [0.25, 0.3) is 0 Å². The van der Waals surface area contributed by atoms with E-state index in [-0.39, 0.29) is 5.84 Å². The molecule has 1 aliphatic rings. The highest BCUT2D eigenvalue weighted by Crippen LogP contribution is 1.83. The van der Waals surface area contributed by atoms with Gasteiger partial charge in [-0.25, -0.2) is 0 Å². The molecule has 0 aromatic carbocycles. The second kappa shape index (κ2) is 2.59. The predicted octanol–water partition coefficient (Wildman–Crippen LogP) is -1.03. The Morgan fingerprint density at radius 2 is 2.56 bits per heavy atom. The van der Waals surface area contributed by atoms with Crippen LogP contribution in [0.1, 0.15) is 0 Å². The van der Waals surface area contributed by atoms with Crippen LogP contribution in [0.25, 0.3) is 0 Å². The van der Waals surface area contributed by atoms with Gasteiger partial charge >= 0.3 is 0 Å². The average molecular weight is 126 g/mol. The molecule has 50 valence electrons. The highest BCUT2D eigenvalue weighted by molar-refractivity contribution is 6.40. The van der Waals surface area contributed by atoms with Crippen LogP contribution in [0.4, 0.5) is 0 Å². The third-order valence-electron chi connectivity index (χ3n) is 1.19. The van der Waals surface area contributed by atoms with Crippen molar-refractivity contribution in [3.8, 4) is 0 Å². The van der Waals surface area contributed by atoms with E-state index in [1.807, 2.05) is 0 Å². The van der Waals surface area contributed by atoms with E-state index in [9.17, 15) is 0 Å². The Bertz CT molecular complexity index is 149. The zero-order valence-electron chi connectivity index (χ0n) is 5.15. The van der Waals surface area contributed by atoms with Gasteiger partial charge in [-0.1, -0.05) is 0 Å². The highest BCUT2D eigenvalue weighted by Gasteiger charge is 2.05. The normalized spacial score (nSPS) is 18.9. The second-order valence-corrected chi connectivity index (χ2v) is 1.92. The molecule has 4 nitrogen and oxygen atoms in total. The molecule has 0 atom stereocenters. The summed E-state index contributed by atoms with van der Waals surface area (Å²) in [4.78, 5) is 4.03. The van der Waals surface area contributed by atoms with E-state index in [0.717, 1.165) is 13.1 Å². The maximum Gasteiger partial charge on any atom is 0.138 e. The summed E-state index contributed by atoms with van der Waals surface area (Å²) in [6.45, 7) is 2.29. The number of aliphatic imine (C=N–C) groups is 1. The van der Waals surface area contributed by atoms with Gasteiger partial charge < -0.3 is 11.1 Å². The van der Waals surface area contributed by atoms with Crippen molar-refractivity contribution in [3.05, 3.63) is 0 Å². The molecular formula is C5H10N4. The molecule has 0 spiro atoms. The van der Waals surface area contributed by atoms with Crippen molar-refractivity contribution in [1.29, 1.82) is 5.41 Å². The van der Waals surface area contributed by atoms with Crippen LogP contribution in [0.15, 0.2) is 4.99 Å². The van der Waals surface area contributed by atoms with Crippen LogP contribution < -0.4 is 11.1 Å². The molecule has 0 amide bonds. The number of rotatable bonds is 1. The van der Waals surface area contributed by atoms with Gasteiger partial charge in [0, 0.05) is 13.1 Å². The van der Waals surface area contributed by atoms with Crippen LogP contribution in [0.5, 0.6) is 0 Å². The lowest BCUT2D eigenvalue weighted by molar-refractivity contribution is 0.740. The van der Waals surface area contributed by atoms with Crippen molar-refractivity contribution in [1.82, 2.24) is 5.32 Å². The van der Waals surface area contributed by atoms with Crippen molar-refractivity contribution < 1.29 is 0 Å². The summed E-state index contributed by atoms with van der Waals surface area (Å²) in [5, 5.41) is 10.1. The van der Waals surface area contributed by atoms with Crippen molar-refractivity contribution in [2.75, 3.05) is 19.6 Å². The Hall–Kier alpha value is -0.900. The highest BCUT2D eigenvalue weighted by atomic mass is 15.0. The quantitative estimate of drug-likeness (QED) is 0.310. The van der Waals surface area contributed by atoms with Gasteiger partial charge in [0.2, 0.25) is 0 Å². The van der Waals surface area contributed by atoms with E-state index in [1.165, 1.54) is 0 Å². The molecule has 0 fully saturated rings. The van der Waals surface area contributed by atoms with Crippen molar-refractivity contribution in [2.24, 2.45) is 10.7 Å². The summed E-state index contributed by atoms with van der Waals surface area (Å²) >= 11 is 0. The standard InChI is InChI=1S/C5H10N4/c6-5(7)4-3-8-1-2-9-4/h8H,1-3H2,(H3,6,7). The summed E-state index contributed by atoms with van der Waals surface area (Å²) in [6, 6.07) is 0. The van der Waals surface area contributed by atoms with Crippen LogP contribution in [-0.4, -0.2) is 31.2 Å². The van der Waals surface area contributed by atoms with Crippen molar-refractivity contribution in [2.45, 2.75) is 0 Å². The lowest BCUT2D eigenvalue weighted by Crippen LogP contribution is -2.38. The first-order valence-corrected chi connectivity index (χ1v) is 2.89. The number of nitrogens with one attached hydrogen (secondary N) is 2. The number of nitrogens with zero attached hydrogens (tertiary/aromatic N) is 1. The van der Waals surface area contributed by atoms with Crippen LogP contribution in [0, 0.1) is 5.41 Å². The largest absolute Gasteiger partial charge is 0.383 e. The molecule has 4 N–H and O–H groups in total. The molecule has 1 aliphatic heterocycles. The molecule has 1 rings (SSSR count). The van der Waals surface area contributed by atoms with Gasteiger partial charge in [-0.05, 0) is 0 Å². The minimum absolute atomic E-state index is 0.0854. The van der Waals surface area contributed by atoms with Crippen LogP contribution in [-0.2, 0) is 0 Å². The Kier molecular flexibility index (Phi) is 1.79. The Morgan fingerprint density at radius 3 is 2.89 bits per heavy atom. The second-order valence-electron chi connectivity index (χ2n) is 1.92. The van der Waals surface area contributed by atoms with E-state index in [2.05, 4.69) is 10.3 Å².